The van der Waals surface area contributed by atoms with E-state index in [-0.39, 0.29) is 5.95 Å². The van der Waals surface area contributed by atoms with Crippen molar-refractivity contribution in [2.75, 3.05) is 5.32 Å². The van der Waals surface area contributed by atoms with Gasteiger partial charge in [0.2, 0.25) is 0 Å². The minimum absolute atomic E-state index is 0.228. The Bertz CT molecular complexity index is 1030. The normalized spacial score (nSPS) is 12.5. The SMILES string of the molecule is C[C@H](NC(=O)Nc1cc(Br)c(C(F)(F)F)cc1F)c1ncnn1-c1ncccn1. The third-order valence-electron chi connectivity index (χ3n) is 3.66. The number of amides is 2. The Kier molecular flexibility index (Phi) is 5.77. The van der Waals surface area contributed by atoms with Crippen molar-refractivity contribution >= 4 is 27.6 Å². The van der Waals surface area contributed by atoms with Gasteiger partial charge in [-0.3, -0.25) is 0 Å². The lowest BCUT2D eigenvalue weighted by molar-refractivity contribution is -0.138. The van der Waals surface area contributed by atoms with Crippen molar-refractivity contribution in [3.63, 3.8) is 0 Å². The zero-order chi connectivity index (χ0) is 21.2. The van der Waals surface area contributed by atoms with E-state index < -0.39 is 39.8 Å². The fraction of sp³-hybridized carbons (Fsp3) is 0.188. The molecule has 0 saturated carbocycles. The molecule has 152 valence electrons. The molecule has 2 N–H and O–H groups in total. The number of benzene rings is 1. The van der Waals surface area contributed by atoms with E-state index in [0.29, 0.717) is 11.9 Å². The zero-order valence-corrected chi connectivity index (χ0v) is 16.2. The first-order chi connectivity index (χ1) is 13.7. The molecule has 3 rings (SSSR count). The highest BCUT2D eigenvalue weighted by Crippen LogP contribution is 2.37. The number of aromatic nitrogens is 5. The van der Waals surface area contributed by atoms with E-state index in [0.717, 1.165) is 6.07 Å². The predicted octanol–water partition coefficient (Wildman–Crippen LogP) is 3.86. The maximum Gasteiger partial charge on any atom is 0.417 e. The first-order valence-electron chi connectivity index (χ1n) is 7.98. The van der Waals surface area contributed by atoms with E-state index in [2.05, 4.69) is 46.6 Å². The van der Waals surface area contributed by atoms with Crippen LogP contribution in [0.5, 0.6) is 0 Å². The summed E-state index contributed by atoms with van der Waals surface area (Å²) in [5, 5.41) is 8.66. The minimum atomic E-state index is -4.74. The summed E-state index contributed by atoms with van der Waals surface area (Å²) in [5.74, 6) is -0.712. The minimum Gasteiger partial charge on any atom is -0.328 e. The Morgan fingerprint density at radius 2 is 1.90 bits per heavy atom. The second-order valence-corrected chi connectivity index (χ2v) is 6.56. The molecule has 8 nitrogen and oxygen atoms in total. The molecule has 2 amide bonds. The molecular formula is C16H12BrF4N7O. The number of nitrogens with zero attached hydrogens (tertiary/aromatic N) is 5. The van der Waals surface area contributed by atoms with Gasteiger partial charge in [-0.05, 0) is 25.1 Å². The Hall–Kier alpha value is -3.09. The molecule has 0 aliphatic carbocycles. The number of carbonyl (C=O) groups excluding carboxylic acids is 1. The molecule has 29 heavy (non-hydrogen) atoms. The van der Waals surface area contributed by atoms with Crippen LogP contribution in [0.4, 0.5) is 28.0 Å². The lowest BCUT2D eigenvalue weighted by Gasteiger charge is -2.16. The molecule has 0 aliphatic rings. The van der Waals surface area contributed by atoms with Crippen molar-refractivity contribution in [2.24, 2.45) is 0 Å². The molecule has 0 saturated heterocycles. The van der Waals surface area contributed by atoms with Crippen molar-refractivity contribution in [1.29, 1.82) is 0 Å². The third kappa shape index (κ3) is 4.67. The van der Waals surface area contributed by atoms with Crippen LogP contribution in [0.25, 0.3) is 5.95 Å². The highest BCUT2D eigenvalue weighted by atomic mass is 79.9. The summed E-state index contributed by atoms with van der Waals surface area (Å²) in [5.41, 5.74) is -1.62. The van der Waals surface area contributed by atoms with Gasteiger partial charge in [-0.15, -0.1) is 0 Å². The summed E-state index contributed by atoms with van der Waals surface area (Å²) in [7, 11) is 0. The smallest absolute Gasteiger partial charge is 0.328 e. The van der Waals surface area contributed by atoms with Crippen LogP contribution in [0.3, 0.4) is 0 Å². The Balaban J connectivity index is 1.74. The summed E-state index contributed by atoms with van der Waals surface area (Å²) >= 11 is 2.73. The molecule has 0 fully saturated rings. The number of urea groups is 1. The molecule has 0 radical (unpaired) electrons. The van der Waals surface area contributed by atoms with Crippen LogP contribution in [0.1, 0.15) is 24.4 Å². The van der Waals surface area contributed by atoms with E-state index in [1.54, 1.807) is 13.0 Å². The van der Waals surface area contributed by atoms with Gasteiger partial charge in [-0.2, -0.15) is 23.0 Å². The fourth-order valence-corrected chi connectivity index (χ4v) is 2.95. The number of alkyl halides is 3. The van der Waals surface area contributed by atoms with Crippen LogP contribution in [0.15, 0.2) is 41.4 Å². The van der Waals surface area contributed by atoms with Gasteiger partial charge in [0.15, 0.2) is 5.82 Å². The van der Waals surface area contributed by atoms with Gasteiger partial charge in [0, 0.05) is 16.9 Å². The Morgan fingerprint density at radius 1 is 1.21 bits per heavy atom. The van der Waals surface area contributed by atoms with Crippen LogP contribution >= 0.6 is 15.9 Å². The van der Waals surface area contributed by atoms with Gasteiger partial charge in [-0.25, -0.2) is 24.1 Å². The van der Waals surface area contributed by atoms with Crippen LogP contribution in [0.2, 0.25) is 0 Å². The third-order valence-corrected chi connectivity index (χ3v) is 4.32. The molecule has 2 heterocycles. The summed E-state index contributed by atoms with van der Waals surface area (Å²) in [6.07, 6.45) is -0.485. The molecule has 2 aromatic heterocycles. The van der Waals surface area contributed by atoms with Gasteiger partial charge < -0.3 is 10.6 Å². The number of rotatable bonds is 4. The Labute approximate surface area is 169 Å². The van der Waals surface area contributed by atoms with Gasteiger partial charge in [-0.1, -0.05) is 15.9 Å². The lowest BCUT2D eigenvalue weighted by Crippen LogP contribution is -2.33. The van der Waals surface area contributed by atoms with Crippen LogP contribution in [0, 0.1) is 5.82 Å². The average molecular weight is 474 g/mol. The van der Waals surface area contributed by atoms with Gasteiger partial charge in [0.1, 0.15) is 12.1 Å². The summed E-state index contributed by atoms with van der Waals surface area (Å²) in [6.45, 7) is 1.59. The maximum atomic E-state index is 14.0. The highest BCUT2D eigenvalue weighted by Gasteiger charge is 2.34. The van der Waals surface area contributed by atoms with Gasteiger partial charge in [0.05, 0.1) is 17.3 Å². The monoisotopic (exact) mass is 473 g/mol. The standard InChI is InChI=1S/C16H12BrF4N7O/c1-8(13-24-7-25-28(13)14-22-3-2-4-23-14)26-15(29)27-12-6-10(17)9(5-11(12)18)16(19,20)21/h2-8H,1H3,(H2,26,27,29)/t8-/m0/s1. The van der Waals surface area contributed by atoms with E-state index in [9.17, 15) is 22.4 Å². The summed E-state index contributed by atoms with van der Waals surface area (Å²) < 4.78 is 53.3. The van der Waals surface area contributed by atoms with E-state index in [1.807, 2.05) is 0 Å². The first-order valence-corrected chi connectivity index (χ1v) is 8.77. The molecule has 0 bridgehead atoms. The average Bonchev–Trinajstić information content (AvgIpc) is 3.14. The molecule has 0 aliphatic heterocycles. The number of nitrogens with one attached hydrogen (secondary N) is 2. The van der Waals surface area contributed by atoms with E-state index in [1.165, 1.54) is 23.4 Å². The molecule has 1 atom stereocenters. The molecular weight excluding hydrogens is 462 g/mol. The molecule has 0 spiro atoms. The van der Waals surface area contributed by atoms with Crippen molar-refractivity contribution in [3.05, 3.63) is 58.6 Å². The van der Waals surface area contributed by atoms with Gasteiger partial charge >= 0.3 is 12.2 Å². The van der Waals surface area contributed by atoms with Gasteiger partial charge in [0.25, 0.3) is 5.95 Å². The zero-order valence-electron chi connectivity index (χ0n) is 14.6. The van der Waals surface area contributed by atoms with E-state index >= 15 is 0 Å². The highest BCUT2D eigenvalue weighted by molar-refractivity contribution is 9.10. The fourth-order valence-electron chi connectivity index (χ4n) is 2.38. The quantitative estimate of drug-likeness (QED) is 0.560. The number of hydrogen-bond acceptors (Lipinski definition) is 5. The van der Waals surface area contributed by atoms with Crippen molar-refractivity contribution in [1.82, 2.24) is 30.0 Å². The molecule has 13 heteroatoms. The maximum absolute atomic E-state index is 14.0. The second-order valence-electron chi connectivity index (χ2n) is 5.71. The van der Waals surface area contributed by atoms with Crippen LogP contribution in [-0.2, 0) is 6.18 Å². The first kappa shape index (κ1) is 20.6. The van der Waals surface area contributed by atoms with Crippen molar-refractivity contribution < 1.29 is 22.4 Å². The second kappa shape index (κ2) is 8.11. The molecule has 3 aromatic rings. The van der Waals surface area contributed by atoms with E-state index in [4.69, 9.17) is 0 Å². The summed E-state index contributed by atoms with van der Waals surface area (Å²) in [4.78, 5) is 24.3. The van der Waals surface area contributed by atoms with Crippen LogP contribution < -0.4 is 10.6 Å². The number of halogens is 5. The number of anilines is 1. The molecule has 1 aromatic carbocycles. The van der Waals surface area contributed by atoms with Crippen molar-refractivity contribution in [2.45, 2.75) is 19.1 Å². The van der Waals surface area contributed by atoms with Crippen molar-refractivity contribution in [3.8, 4) is 5.95 Å². The lowest BCUT2D eigenvalue weighted by atomic mass is 10.2. The largest absolute Gasteiger partial charge is 0.417 e. The number of carbonyl (C=O) groups is 1. The topological polar surface area (TPSA) is 97.6 Å². The summed E-state index contributed by atoms with van der Waals surface area (Å²) in [6, 6.07) is 1.19. The molecule has 0 unspecified atom stereocenters. The Morgan fingerprint density at radius 3 is 2.55 bits per heavy atom. The number of hydrogen-bond donors (Lipinski definition) is 2. The van der Waals surface area contributed by atoms with Crippen LogP contribution in [-0.4, -0.2) is 30.8 Å². The predicted molar refractivity (Wildman–Crippen MR) is 96.6 cm³/mol.